The van der Waals surface area contributed by atoms with Gasteiger partial charge in [-0.25, -0.2) is 4.79 Å². The lowest BCUT2D eigenvalue weighted by Gasteiger charge is -2.54. The van der Waals surface area contributed by atoms with Gasteiger partial charge in [0.05, 0.1) is 18.8 Å². The van der Waals surface area contributed by atoms with Crippen molar-refractivity contribution in [1.82, 2.24) is 0 Å². The molecule has 0 radical (unpaired) electrons. The molecular weight excluding hydrogens is 372 g/mol. The minimum absolute atomic E-state index is 0.406. The molecule has 0 unspecified atom stereocenters. The first-order valence-corrected chi connectivity index (χ1v) is 9.53. The highest BCUT2D eigenvalue weighted by Gasteiger charge is 2.89. The van der Waals surface area contributed by atoms with Crippen LogP contribution in [0, 0.1) is 16.7 Å². The SMILES string of the molecule is C[C@@]12C(=O)O[C@H]3[C@@H]1[C@@](C)(C1=CC(=O)O[C@H]([C@](C)(O)CO)[C@]14O[C@H]34)[C@H]1O[C@H]1[C@@H]2O. The van der Waals surface area contributed by atoms with Crippen molar-refractivity contribution in [2.24, 2.45) is 16.7 Å². The lowest BCUT2D eigenvalue weighted by molar-refractivity contribution is -0.178. The Hall–Kier alpha value is -1.52. The number of ether oxygens (including phenoxy) is 4. The summed E-state index contributed by atoms with van der Waals surface area (Å²) in [6.45, 7) is 4.32. The van der Waals surface area contributed by atoms with Gasteiger partial charge in [0.1, 0.15) is 29.3 Å². The van der Waals surface area contributed by atoms with Crippen molar-refractivity contribution < 1.29 is 43.9 Å². The van der Waals surface area contributed by atoms with Gasteiger partial charge in [-0.15, -0.1) is 0 Å². The topological polar surface area (TPSA) is 138 Å². The number of esters is 2. The maximum absolute atomic E-state index is 12.9. The third kappa shape index (κ3) is 1.51. The Kier molecular flexibility index (Phi) is 2.77. The monoisotopic (exact) mass is 394 g/mol. The molecular formula is C19H22O9. The van der Waals surface area contributed by atoms with Gasteiger partial charge in [0.2, 0.25) is 0 Å². The van der Waals surface area contributed by atoms with Crippen molar-refractivity contribution in [3.63, 3.8) is 0 Å². The zero-order valence-electron chi connectivity index (χ0n) is 15.6. The average Bonchev–Trinajstić information content (AvgIpc) is 3.53. The molecule has 0 bridgehead atoms. The van der Waals surface area contributed by atoms with E-state index >= 15 is 0 Å². The first kappa shape index (κ1) is 17.3. The van der Waals surface area contributed by atoms with Crippen molar-refractivity contribution in [2.75, 3.05) is 6.61 Å². The fourth-order valence-electron chi connectivity index (χ4n) is 6.75. The minimum Gasteiger partial charge on any atom is -0.459 e. The number of hydrogen-bond acceptors (Lipinski definition) is 9. The maximum atomic E-state index is 12.9. The molecule has 1 spiro atoms. The summed E-state index contributed by atoms with van der Waals surface area (Å²) in [6.07, 6.45) is -3.06. The zero-order valence-corrected chi connectivity index (χ0v) is 15.6. The molecule has 4 heterocycles. The van der Waals surface area contributed by atoms with Crippen molar-refractivity contribution in [2.45, 2.75) is 68.6 Å². The normalized spacial score (nSPS) is 59.5. The second kappa shape index (κ2) is 4.46. The average molecular weight is 394 g/mol. The number of fused-ring (bicyclic) bond motifs is 4. The van der Waals surface area contributed by atoms with Crippen LogP contribution in [-0.2, 0) is 28.5 Å². The Morgan fingerprint density at radius 2 is 1.86 bits per heavy atom. The van der Waals surface area contributed by atoms with Gasteiger partial charge in [0, 0.05) is 17.4 Å². The summed E-state index contributed by atoms with van der Waals surface area (Å²) in [5.74, 6) is -1.62. The number of aliphatic hydroxyl groups excluding tert-OH is 2. The van der Waals surface area contributed by atoms with E-state index in [1.807, 2.05) is 6.92 Å². The van der Waals surface area contributed by atoms with Crippen LogP contribution in [0.1, 0.15) is 20.8 Å². The molecule has 0 aromatic heterocycles. The van der Waals surface area contributed by atoms with E-state index in [9.17, 15) is 24.9 Å². The van der Waals surface area contributed by atoms with Gasteiger partial charge in [-0.1, -0.05) is 6.92 Å². The number of hydrogen-bond donors (Lipinski definition) is 3. The van der Waals surface area contributed by atoms with E-state index in [2.05, 4.69) is 0 Å². The molecule has 9 nitrogen and oxygen atoms in total. The fourth-order valence-corrected chi connectivity index (χ4v) is 6.75. The summed E-state index contributed by atoms with van der Waals surface area (Å²) in [7, 11) is 0. The minimum atomic E-state index is -1.75. The number of cyclic esters (lactones) is 1. The van der Waals surface area contributed by atoms with Crippen molar-refractivity contribution in [3.8, 4) is 0 Å². The zero-order chi connectivity index (χ0) is 20.0. The Morgan fingerprint density at radius 3 is 2.54 bits per heavy atom. The summed E-state index contributed by atoms with van der Waals surface area (Å²) in [4.78, 5) is 25.3. The fraction of sp³-hybridized carbons (Fsp3) is 0.789. The highest BCUT2D eigenvalue weighted by Crippen LogP contribution is 2.75. The molecule has 3 N–H and O–H groups in total. The molecule has 9 heteroatoms. The number of epoxide rings is 2. The molecule has 6 rings (SSSR count). The van der Waals surface area contributed by atoms with E-state index in [4.69, 9.17) is 18.9 Å². The molecule has 6 aliphatic rings. The van der Waals surface area contributed by atoms with Crippen LogP contribution in [0.25, 0.3) is 0 Å². The van der Waals surface area contributed by atoms with Gasteiger partial charge in [-0.2, -0.15) is 0 Å². The summed E-state index contributed by atoms with van der Waals surface area (Å²) < 4.78 is 23.0. The molecule has 4 aliphatic heterocycles. The summed E-state index contributed by atoms with van der Waals surface area (Å²) >= 11 is 0. The summed E-state index contributed by atoms with van der Waals surface area (Å²) in [6, 6.07) is 0. The Balaban J connectivity index is 1.58. The van der Waals surface area contributed by atoms with E-state index in [1.54, 1.807) is 6.92 Å². The molecule has 0 aromatic carbocycles. The van der Waals surface area contributed by atoms with Crippen LogP contribution in [0.4, 0.5) is 0 Å². The van der Waals surface area contributed by atoms with Gasteiger partial charge in [0.15, 0.2) is 11.7 Å². The molecule has 3 saturated heterocycles. The van der Waals surface area contributed by atoms with Crippen molar-refractivity contribution in [1.29, 1.82) is 0 Å². The quantitative estimate of drug-likeness (QED) is 0.374. The number of rotatable bonds is 2. The lowest BCUT2D eigenvalue weighted by atomic mass is 9.46. The van der Waals surface area contributed by atoms with Crippen molar-refractivity contribution >= 4 is 11.9 Å². The molecule has 0 amide bonds. The highest BCUT2D eigenvalue weighted by atomic mass is 16.7. The molecule has 5 fully saturated rings. The van der Waals surface area contributed by atoms with Gasteiger partial charge in [0.25, 0.3) is 0 Å². The molecule has 11 atom stereocenters. The third-order valence-electron chi connectivity index (χ3n) is 8.10. The Bertz CT molecular complexity index is 865. The van der Waals surface area contributed by atoms with Gasteiger partial charge in [-0.05, 0) is 19.4 Å². The smallest absolute Gasteiger partial charge is 0.331 e. The first-order valence-electron chi connectivity index (χ1n) is 9.53. The van der Waals surface area contributed by atoms with Crippen LogP contribution in [0.5, 0.6) is 0 Å². The predicted octanol–water partition coefficient (Wildman–Crippen LogP) is -1.57. The van der Waals surface area contributed by atoms with Crippen LogP contribution >= 0.6 is 0 Å². The largest absolute Gasteiger partial charge is 0.459 e. The van der Waals surface area contributed by atoms with E-state index < -0.39 is 83.1 Å². The van der Waals surface area contributed by atoms with E-state index in [1.165, 1.54) is 13.0 Å². The molecule has 2 saturated carbocycles. The summed E-state index contributed by atoms with van der Waals surface area (Å²) in [5.41, 5.74) is -4.37. The highest BCUT2D eigenvalue weighted by molar-refractivity contribution is 5.88. The van der Waals surface area contributed by atoms with Gasteiger partial charge in [-0.3, -0.25) is 4.79 Å². The second-order valence-electron chi connectivity index (χ2n) is 9.60. The summed E-state index contributed by atoms with van der Waals surface area (Å²) in [5, 5.41) is 31.3. The van der Waals surface area contributed by atoms with Crippen LogP contribution in [0.15, 0.2) is 11.6 Å². The number of carbonyl (C=O) groups is 2. The molecule has 0 aromatic rings. The Morgan fingerprint density at radius 1 is 1.14 bits per heavy atom. The van der Waals surface area contributed by atoms with Gasteiger partial charge >= 0.3 is 11.9 Å². The van der Waals surface area contributed by atoms with Crippen LogP contribution in [-0.4, -0.2) is 81.7 Å². The predicted molar refractivity (Wildman–Crippen MR) is 87.5 cm³/mol. The van der Waals surface area contributed by atoms with Crippen molar-refractivity contribution in [3.05, 3.63) is 11.6 Å². The lowest BCUT2D eigenvalue weighted by Crippen LogP contribution is -2.68. The van der Waals surface area contributed by atoms with Crippen LogP contribution in [0.2, 0.25) is 0 Å². The van der Waals surface area contributed by atoms with Crippen LogP contribution in [0.3, 0.4) is 0 Å². The van der Waals surface area contributed by atoms with E-state index in [0.717, 1.165) is 0 Å². The maximum Gasteiger partial charge on any atom is 0.331 e. The Labute approximate surface area is 160 Å². The van der Waals surface area contributed by atoms with E-state index in [-0.39, 0.29) is 0 Å². The molecule has 2 aliphatic carbocycles. The van der Waals surface area contributed by atoms with E-state index in [0.29, 0.717) is 5.57 Å². The second-order valence-corrected chi connectivity index (χ2v) is 9.60. The number of aliphatic hydroxyl groups is 3. The third-order valence-corrected chi connectivity index (χ3v) is 8.10. The van der Waals surface area contributed by atoms with Crippen LogP contribution < -0.4 is 0 Å². The number of carbonyl (C=O) groups excluding carboxylic acids is 2. The van der Waals surface area contributed by atoms with Gasteiger partial charge < -0.3 is 34.3 Å². The standard InChI is InChI=1S/C19H22O9/c1-16(24,5-20)14-19-6(4-7(21)25-14)17(2)10-8(13(19)28-19)27-15(23)18(10,3)11(22)9-12(17)26-9/h4,8-14,20,22,24H,5H2,1-3H3/t8-,9-,10+,11-,12-,13+,14+,16+,17+,18+,19-/m0/s1. The molecule has 28 heavy (non-hydrogen) atoms. The first-order chi connectivity index (χ1) is 13.0. The molecule has 152 valence electrons.